The molecule has 1 aromatic carbocycles. The van der Waals surface area contributed by atoms with E-state index in [2.05, 4.69) is 5.10 Å². The Morgan fingerprint density at radius 3 is 2.31 bits per heavy atom. The Balaban J connectivity index is 2.33. The molecule has 0 saturated carbocycles. The molecule has 0 bridgehead atoms. The van der Waals surface area contributed by atoms with Crippen LogP contribution < -0.4 is 4.74 Å². The van der Waals surface area contributed by atoms with Crippen molar-refractivity contribution in [2.24, 2.45) is 10.5 Å². The first-order valence-corrected chi connectivity index (χ1v) is 8.92. The minimum atomic E-state index is -5.93. The molecule has 0 radical (unpaired) electrons. The Morgan fingerprint density at radius 2 is 1.83 bits per heavy atom. The number of aliphatic hydroxyl groups is 1. The summed E-state index contributed by atoms with van der Waals surface area (Å²) in [6, 6.07) is 4.07. The van der Waals surface area contributed by atoms with E-state index in [1.165, 1.54) is 39.0 Å². The molecule has 162 valence electrons. The van der Waals surface area contributed by atoms with E-state index >= 15 is 0 Å². The molecule has 0 saturated heterocycles. The van der Waals surface area contributed by atoms with E-state index in [4.69, 9.17) is 27.9 Å². The van der Waals surface area contributed by atoms with Gasteiger partial charge in [0.2, 0.25) is 0 Å². The number of carbonyl (C=O) groups excluding carboxylic acids is 1. The van der Waals surface area contributed by atoms with Crippen LogP contribution in [0.4, 0.5) is 22.0 Å². The van der Waals surface area contributed by atoms with Gasteiger partial charge in [-0.1, -0.05) is 44.0 Å². The summed E-state index contributed by atoms with van der Waals surface area (Å²) in [5.41, 5.74) is -5.41. The van der Waals surface area contributed by atoms with Crippen LogP contribution >= 0.6 is 23.2 Å². The van der Waals surface area contributed by atoms with E-state index in [1.54, 1.807) is 0 Å². The largest absolute Gasteiger partial charge is 0.482 e. The average Bonchev–Trinajstić information content (AvgIpc) is 2.92. The summed E-state index contributed by atoms with van der Waals surface area (Å²) in [6.07, 6.45) is -7.12. The molecule has 0 spiro atoms. The molecule has 2 rings (SSSR count). The van der Waals surface area contributed by atoms with Crippen LogP contribution in [-0.2, 0) is 4.79 Å². The van der Waals surface area contributed by atoms with Gasteiger partial charge in [-0.2, -0.15) is 32.1 Å². The van der Waals surface area contributed by atoms with Gasteiger partial charge in [0.05, 0.1) is 5.02 Å². The number of benzene rings is 1. The first-order valence-electron chi connectivity index (χ1n) is 8.16. The number of halogens is 7. The smallest absolute Gasteiger partial charge is 0.459 e. The van der Waals surface area contributed by atoms with Crippen molar-refractivity contribution in [1.82, 2.24) is 5.01 Å². The number of ether oxygens (including phenoxy) is 1. The fraction of sp³-hybridized carbons (Fsp3) is 0.529. The quantitative estimate of drug-likeness (QED) is 0.647. The Morgan fingerprint density at radius 1 is 1.24 bits per heavy atom. The lowest BCUT2D eigenvalue weighted by Gasteiger charge is -2.41. The number of alkyl halides is 5. The third-order valence-electron chi connectivity index (χ3n) is 4.39. The summed E-state index contributed by atoms with van der Waals surface area (Å²) < 4.78 is 71.0. The molecule has 12 heteroatoms. The maximum atomic E-state index is 13.8. The van der Waals surface area contributed by atoms with Crippen molar-refractivity contribution in [2.75, 3.05) is 6.61 Å². The molecule has 0 fully saturated rings. The number of carbonyl (C=O) groups is 1. The molecule has 1 aliphatic heterocycles. The molecular formula is C17H17Cl2F5N2O3. The lowest BCUT2D eigenvalue weighted by atomic mass is 9.79. The molecule has 29 heavy (non-hydrogen) atoms. The maximum Gasteiger partial charge on any atom is 0.459 e. The lowest BCUT2D eigenvalue weighted by molar-refractivity contribution is -0.250. The zero-order chi connectivity index (χ0) is 22.4. The van der Waals surface area contributed by atoms with E-state index in [-0.39, 0.29) is 15.8 Å². The predicted molar refractivity (Wildman–Crippen MR) is 96.3 cm³/mol. The first-order chi connectivity index (χ1) is 13.0. The van der Waals surface area contributed by atoms with E-state index in [0.29, 0.717) is 5.02 Å². The minimum absolute atomic E-state index is 0.0211. The van der Waals surface area contributed by atoms with Crippen LogP contribution in [0, 0.1) is 5.41 Å². The molecule has 1 amide bonds. The number of nitrogens with zero attached hydrogens (tertiary/aromatic N) is 2. The lowest BCUT2D eigenvalue weighted by Crippen LogP contribution is -2.56. The van der Waals surface area contributed by atoms with Gasteiger partial charge in [-0.15, -0.1) is 0 Å². The third-order valence-corrected chi connectivity index (χ3v) is 4.92. The summed E-state index contributed by atoms with van der Waals surface area (Å²) in [5.74, 6) is -6.43. The second kappa shape index (κ2) is 7.55. The van der Waals surface area contributed by atoms with Crippen LogP contribution in [-0.4, -0.2) is 46.2 Å². The van der Waals surface area contributed by atoms with Crippen LogP contribution in [0.15, 0.2) is 23.3 Å². The van der Waals surface area contributed by atoms with Crippen molar-refractivity contribution >= 4 is 34.8 Å². The van der Waals surface area contributed by atoms with Crippen LogP contribution in [0.5, 0.6) is 5.75 Å². The molecule has 1 N–H and O–H groups in total. The van der Waals surface area contributed by atoms with Crippen molar-refractivity contribution < 1.29 is 36.6 Å². The van der Waals surface area contributed by atoms with E-state index in [1.807, 2.05) is 0 Å². The number of hydrogen-bond acceptors (Lipinski definition) is 4. The number of hydrazone groups is 1. The molecule has 1 atom stereocenters. The van der Waals surface area contributed by atoms with Gasteiger partial charge in [0.25, 0.3) is 5.91 Å². The topological polar surface area (TPSA) is 62.1 Å². The molecule has 0 aliphatic carbocycles. The highest BCUT2D eigenvalue weighted by molar-refractivity contribution is 6.35. The van der Waals surface area contributed by atoms with Crippen molar-refractivity contribution in [3.8, 4) is 5.75 Å². The number of amides is 1. The van der Waals surface area contributed by atoms with Crippen LogP contribution in [0.1, 0.15) is 27.2 Å². The molecule has 1 heterocycles. The highest BCUT2D eigenvalue weighted by atomic mass is 35.5. The minimum Gasteiger partial charge on any atom is -0.482 e. The highest BCUT2D eigenvalue weighted by Crippen LogP contribution is 2.47. The maximum absolute atomic E-state index is 13.8. The van der Waals surface area contributed by atoms with Crippen molar-refractivity contribution in [1.29, 1.82) is 0 Å². The van der Waals surface area contributed by atoms with Crippen molar-refractivity contribution in [3.63, 3.8) is 0 Å². The zero-order valence-electron chi connectivity index (χ0n) is 15.5. The Labute approximate surface area is 173 Å². The summed E-state index contributed by atoms with van der Waals surface area (Å²) in [6.45, 7) is 3.28. The molecule has 0 unspecified atom stereocenters. The zero-order valence-corrected chi connectivity index (χ0v) is 17.0. The Kier molecular flexibility index (Phi) is 6.15. The number of hydrogen-bond donors (Lipinski definition) is 1. The van der Waals surface area contributed by atoms with E-state index in [9.17, 15) is 31.9 Å². The van der Waals surface area contributed by atoms with E-state index in [0.717, 1.165) is 0 Å². The second-order valence-corrected chi connectivity index (χ2v) is 8.27. The summed E-state index contributed by atoms with van der Waals surface area (Å²) in [5, 5.41) is 14.5. The van der Waals surface area contributed by atoms with Crippen LogP contribution in [0.2, 0.25) is 10.0 Å². The van der Waals surface area contributed by atoms with Crippen LogP contribution in [0.3, 0.4) is 0 Å². The Bertz CT molecular complexity index is 839. The van der Waals surface area contributed by atoms with Crippen LogP contribution in [0.25, 0.3) is 0 Å². The summed E-state index contributed by atoms with van der Waals surface area (Å²) >= 11 is 11.6. The van der Waals surface area contributed by atoms with Gasteiger partial charge >= 0.3 is 12.1 Å². The Hall–Kier alpha value is -1.65. The molecule has 1 aliphatic rings. The SMILES string of the molecule is CC(C)(C)[C@]1(O)CC(C(F)(F)C(F)(F)F)=NN1C(=O)COc1ccc(Cl)cc1Cl. The van der Waals surface area contributed by atoms with Gasteiger partial charge in [0.15, 0.2) is 12.3 Å². The van der Waals surface area contributed by atoms with E-state index < -0.39 is 47.9 Å². The molecule has 0 aromatic heterocycles. The van der Waals surface area contributed by atoms with Gasteiger partial charge in [0, 0.05) is 16.9 Å². The second-order valence-electron chi connectivity index (χ2n) is 7.43. The fourth-order valence-electron chi connectivity index (χ4n) is 2.52. The standard InChI is InChI=1S/C17H17Cl2F5N2O3/c1-14(2,3)15(28)7-12(16(20,21)17(22,23)24)25-26(15)13(27)8-29-11-5-4-9(18)6-10(11)19/h4-6,28H,7-8H2,1-3H3/t15-/m1/s1. The van der Waals surface area contributed by atoms with Crippen molar-refractivity contribution in [2.45, 2.75) is 45.0 Å². The van der Waals surface area contributed by atoms with Crippen molar-refractivity contribution in [3.05, 3.63) is 28.2 Å². The molecule has 5 nitrogen and oxygen atoms in total. The van der Waals surface area contributed by atoms with Gasteiger partial charge in [0.1, 0.15) is 11.5 Å². The van der Waals surface area contributed by atoms with Gasteiger partial charge in [-0.3, -0.25) is 4.79 Å². The third kappa shape index (κ3) is 4.44. The number of rotatable bonds is 4. The van der Waals surface area contributed by atoms with Gasteiger partial charge in [-0.05, 0) is 18.2 Å². The predicted octanol–water partition coefficient (Wildman–Crippen LogP) is 4.89. The van der Waals surface area contributed by atoms with Gasteiger partial charge < -0.3 is 9.84 Å². The molecular weight excluding hydrogens is 446 g/mol. The van der Waals surface area contributed by atoms with Gasteiger partial charge in [-0.25, -0.2) is 0 Å². The summed E-state index contributed by atoms with van der Waals surface area (Å²) in [4.78, 5) is 12.5. The summed E-state index contributed by atoms with van der Waals surface area (Å²) in [7, 11) is 0. The molecule has 1 aromatic rings. The highest BCUT2D eigenvalue weighted by Gasteiger charge is 2.66. The monoisotopic (exact) mass is 462 g/mol. The average molecular weight is 463 g/mol. The first kappa shape index (κ1) is 23.6. The fourth-order valence-corrected chi connectivity index (χ4v) is 2.99. The normalized spacial score (nSPS) is 20.7.